The third kappa shape index (κ3) is 4.29. The van der Waals surface area contributed by atoms with Crippen LogP contribution in [-0.2, 0) is 11.3 Å². The molecule has 112 valence electrons. The van der Waals surface area contributed by atoms with E-state index in [-0.39, 0.29) is 11.9 Å². The molecule has 0 heterocycles. The van der Waals surface area contributed by atoms with E-state index >= 15 is 0 Å². The predicted octanol–water partition coefficient (Wildman–Crippen LogP) is 3.90. The second kappa shape index (κ2) is 7.75. The molecule has 0 amide bonds. The monoisotopic (exact) mass is 279 g/mol. The topological polar surface area (TPSA) is 21.3 Å². The predicted molar refractivity (Wildman–Crippen MR) is 80.1 cm³/mol. The molecule has 1 aromatic rings. The maximum atomic E-state index is 13.6. The minimum atomic E-state index is -0.172. The van der Waals surface area contributed by atoms with E-state index in [1.165, 1.54) is 12.5 Å². The lowest BCUT2D eigenvalue weighted by atomic mass is 9.85. The van der Waals surface area contributed by atoms with Crippen molar-refractivity contribution in [2.24, 2.45) is 5.92 Å². The van der Waals surface area contributed by atoms with Gasteiger partial charge in [-0.3, -0.25) is 0 Å². The van der Waals surface area contributed by atoms with E-state index < -0.39 is 0 Å². The Kier molecular flexibility index (Phi) is 5.99. The molecule has 1 fully saturated rings. The van der Waals surface area contributed by atoms with Gasteiger partial charge < -0.3 is 10.1 Å². The van der Waals surface area contributed by atoms with E-state index in [0.717, 1.165) is 25.8 Å². The number of hydrogen-bond acceptors (Lipinski definition) is 2. The molecule has 1 saturated carbocycles. The van der Waals surface area contributed by atoms with Crippen molar-refractivity contribution in [1.82, 2.24) is 5.32 Å². The van der Waals surface area contributed by atoms with Gasteiger partial charge in [0.25, 0.3) is 0 Å². The van der Waals surface area contributed by atoms with Crippen LogP contribution in [0.4, 0.5) is 4.39 Å². The first-order valence-electron chi connectivity index (χ1n) is 7.79. The first-order valence-corrected chi connectivity index (χ1v) is 7.79. The minimum Gasteiger partial charge on any atom is -0.372 e. The molecule has 1 aliphatic carbocycles. The summed E-state index contributed by atoms with van der Waals surface area (Å²) in [5.74, 6) is 0.523. The molecule has 3 heteroatoms. The van der Waals surface area contributed by atoms with Crippen molar-refractivity contribution >= 4 is 0 Å². The average Bonchev–Trinajstić information content (AvgIpc) is 2.45. The maximum absolute atomic E-state index is 13.6. The van der Waals surface area contributed by atoms with Gasteiger partial charge in [-0.05, 0) is 44.2 Å². The molecule has 1 aromatic carbocycles. The summed E-state index contributed by atoms with van der Waals surface area (Å²) in [5, 5.41) is 3.57. The number of halogens is 1. The molecule has 3 atom stereocenters. The highest BCUT2D eigenvalue weighted by Gasteiger charge is 2.28. The van der Waals surface area contributed by atoms with Crippen LogP contribution >= 0.6 is 0 Å². The Morgan fingerprint density at radius 1 is 1.30 bits per heavy atom. The van der Waals surface area contributed by atoms with Crippen LogP contribution in [0.5, 0.6) is 0 Å². The molecule has 0 bridgehead atoms. The quantitative estimate of drug-likeness (QED) is 0.852. The van der Waals surface area contributed by atoms with Gasteiger partial charge in [0.2, 0.25) is 0 Å². The number of benzene rings is 1. The fourth-order valence-electron chi connectivity index (χ4n) is 2.89. The van der Waals surface area contributed by atoms with Crippen LogP contribution in [0.2, 0.25) is 0 Å². The highest BCUT2D eigenvalue weighted by molar-refractivity contribution is 5.16. The van der Waals surface area contributed by atoms with E-state index in [1.54, 1.807) is 12.1 Å². The first-order chi connectivity index (χ1) is 9.70. The molecule has 20 heavy (non-hydrogen) atoms. The molecule has 3 unspecified atom stereocenters. The molecule has 2 rings (SSSR count). The lowest BCUT2D eigenvalue weighted by Gasteiger charge is -2.35. The van der Waals surface area contributed by atoms with Crippen LogP contribution in [0.25, 0.3) is 0 Å². The third-order valence-electron chi connectivity index (χ3n) is 4.12. The fraction of sp³-hybridized carbons (Fsp3) is 0.647. The standard InChI is InChI=1S/C17H26FNO/c1-3-10-19-16-9-8-13(2)11-17(16)20-12-14-6-4-5-7-15(14)18/h4-7,13,16-17,19H,3,8-12H2,1-2H3. The zero-order valence-corrected chi connectivity index (χ0v) is 12.6. The van der Waals surface area contributed by atoms with Crippen LogP contribution < -0.4 is 5.32 Å². The lowest BCUT2D eigenvalue weighted by molar-refractivity contribution is -0.0184. The Morgan fingerprint density at radius 3 is 2.85 bits per heavy atom. The zero-order chi connectivity index (χ0) is 14.4. The summed E-state index contributed by atoms with van der Waals surface area (Å²) < 4.78 is 19.7. The van der Waals surface area contributed by atoms with E-state index in [4.69, 9.17) is 4.74 Å². The van der Waals surface area contributed by atoms with E-state index in [9.17, 15) is 4.39 Å². The molecule has 2 nitrogen and oxygen atoms in total. The van der Waals surface area contributed by atoms with Gasteiger partial charge in [0.1, 0.15) is 5.82 Å². The number of nitrogens with one attached hydrogen (secondary N) is 1. The highest BCUT2D eigenvalue weighted by atomic mass is 19.1. The Morgan fingerprint density at radius 2 is 2.10 bits per heavy atom. The summed E-state index contributed by atoms with van der Waals surface area (Å²) in [6, 6.07) is 7.29. The Bertz CT molecular complexity index is 408. The number of ether oxygens (including phenoxy) is 1. The Hall–Kier alpha value is -0.930. The van der Waals surface area contributed by atoms with Crippen molar-refractivity contribution in [2.75, 3.05) is 6.54 Å². The molecule has 0 spiro atoms. The van der Waals surface area contributed by atoms with Gasteiger partial charge in [0.15, 0.2) is 0 Å². The molecule has 1 aliphatic rings. The summed E-state index contributed by atoms with van der Waals surface area (Å²) >= 11 is 0. The summed E-state index contributed by atoms with van der Waals surface area (Å²) in [6.07, 6.45) is 4.80. The molecular weight excluding hydrogens is 253 g/mol. The SMILES string of the molecule is CCCNC1CCC(C)CC1OCc1ccccc1F. The fourth-order valence-corrected chi connectivity index (χ4v) is 2.89. The molecular formula is C17H26FNO. The van der Waals surface area contributed by atoms with Gasteiger partial charge >= 0.3 is 0 Å². The van der Waals surface area contributed by atoms with E-state index in [0.29, 0.717) is 24.1 Å². The van der Waals surface area contributed by atoms with Crippen LogP contribution in [0.3, 0.4) is 0 Å². The lowest BCUT2D eigenvalue weighted by Crippen LogP contribution is -2.45. The van der Waals surface area contributed by atoms with Crippen molar-refractivity contribution in [3.05, 3.63) is 35.6 Å². The molecule has 0 radical (unpaired) electrons. The second-order valence-corrected chi connectivity index (χ2v) is 5.92. The molecule has 1 N–H and O–H groups in total. The van der Waals surface area contributed by atoms with Crippen LogP contribution in [0.15, 0.2) is 24.3 Å². The van der Waals surface area contributed by atoms with Gasteiger partial charge in [0.05, 0.1) is 12.7 Å². The van der Waals surface area contributed by atoms with Crippen molar-refractivity contribution in [2.45, 2.75) is 58.3 Å². The number of hydrogen-bond donors (Lipinski definition) is 1. The number of rotatable bonds is 6. The average molecular weight is 279 g/mol. The third-order valence-corrected chi connectivity index (χ3v) is 4.12. The first kappa shape index (κ1) is 15.5. The molecule has 0 aliphatic heterocycles. The van der Waals surface area contributed by atoms with E-state index in [2.05, 4.69) is 19.2 Å². The van der Waals surface area contributed by atoms with Crippen LogP contribution in [0, 0.1) is 11.7 Å². The summed E-state index contributed by atoms with van der Waals surface area (Å²) in [4.78, 5) is 0. The van der Waals surface area contributed by atoms with Crippen LogP contribution in [0.1, 0.15) is 45.1 Å². The van der Waals surface area contributed by atoms with Gasteiger partial charge in [-0.25, -0.2) is 4.39 Å². The minimum absolute atomic E-state index is 0.172. The van der Waals surface area contributed by atoms with Gasteiger partial charge in [0, 0.05) is 11.6 Å². The van der Waals surface area contributed by atoms with Gasteiger partial charge in [-0.1, -0.05) is 32.0 Å². The van der Waals surface area contributed by atoms with Crippen LogP contribution in [-0.4, -0.2) is 18.7 Å². The largest absolute Gasteiger partial charge is 0.372 e. The van der Waals surface area contributed by atoms with Crippen molar-refractivity contribution in [3.63, 3.8) is 0 Å². The zero-order valence-electron chi connectivity index (χ0n) is 12.6. The summed E-state index contributed by atoms with van der Waals surface area (Å²) in [5.41, 5.74) is 0.653. The Balaban J connectivity index is 1.91. The van der Waals surface area contributed by atoms with E-state index in [1.807, 2.05) is 6.07 Å². The molecule has 0 saturated heterocycles. The maximum Gasteiger partial charge on any atom is 0.128 e. The second-order valence-electron chi connectivity index (χ2n) is 5.92. The van der Waals surface area contributed by atoms with Gasteiger partial charge in [-0.2, -0.15) is 0 Å². The highest BCUT2D eigenvalue weighted by Crippen LogP contribution is 2.27. The Labute approximate surface area is 121 Å². The summed E-state index contributed by atoms with van der Waals surface area (Å²) in [6.45, 7) is 5.84. The molecule has 0 aromatic heterocycles. The van der Waals surface area contributed by atoms with Crippen molar-refractivity contribution < 1.29 is 9.13 Å². The van der Waals surface area contributed by atoms with Crippen molar-refractivity contribution in [1.29, 1.82) is 0 Å². The van der Waals surface area contributed by atoms with Crippen molar-refractivity contribution in [3.8, 4) is 0 Å². The summed E-state index contributed by atoms with van der Waals surface area (Å²) in [7, 11) is 0. The normalized spacial score (nSPS) is 26.6. The van der Waals surface area contributed by atoms with Gasteiger partial charge in [-0.15, -0.1) is 0 Å². The smallest absolute Gasteiger partial charge is 0.128 e.